The first kappa shape index (κ1) is 12.5. The van der Waals surface area contributed by atoms with Gasteiger partial charge in [-0.3, -0.25) is 5.41 Å². The molecule has 0 fully saturated rings. The number of hydrogen-bond acceptors (Lipinski definition) is 2. The van der Waals surface area contributed by atoms with E-state index in [2.05, 4.69) is 17.5 Å². The maximum Gasteiger partial charge on any atom is 0.206 e. The van der Waals surface area contributed by atoms with Crippen molar-refractivity contribution in [3.8, 4) is 0 Å². The van der Waals surface area contributed by atoms with E-state index in [-0.39, 0.29) is 5.96 Å². The van der Waals surface area contributed by atoms with E-state index in [4.69, 9.17) is 22.7 Å². The van der Waals surface area contributed by atoms with E-state index in [0.29, 0.717) is 5.02 Å². The van der Waals surface area contributed by atoms with Crippen molar-refractivity contribution in [2.75, 3.05) is 0 Å². The number of benzene rings is 1. The molecule has 0 atom stereocenters. The van der Waals surface area contributed by atoms with Crippen molar-refractivity contribution in [2.45, 2.75) is 19.8 Å². The third-order valence-electron chi connectivity index (χ3n) is 1.98. The lowest BCUT2D eigenvalue weighted by atomic mass is 10.1. The van der Waals surface area contributed by atoms with Crippen molar-refractivity contribution in [2.24, 2.45) is 10.8 Å². The standard InChI is InChI=1S/C11H15ClN4/c1-2-3-10(15-16-11(13)14)8-4-6-9(12)7-5-8/h4-7H,2-3H2,1H3,(H4,13,14,16)/b15-10+. The molecule has 0 saturated carbocycles. The SMILES string of the molecule is CCC/C(=N\NC(=N)N)c1ccc(Cl)cc1. The molecule has 1 rings (SSSR count). The third kappa shape index (κ3) is 3.90. The van der Waals surface area contributed by atoms with Gasteiger partial charge < -0.3 is 5.73 Å². The Morgan fingerprint density at radius 3 is 2.56 bits per heavy atom. The van der Waals surface area contributed by atoms with Gasteiger partial charge in [-0.05, 0) is 24.1 Å². The highest BCUT2D eigenvalue weighted by atomic mass is 35.5. The summed E-state index contributed by atoms with van der Waals surface area (Å²) in [4.78, 5) is 0. The van der Waals surface area contributed by atoms with E-state index in [1.54, 1.807) is 0 Å². The molecule has 0 bridgehead atoms. The van der Waals surface area contributed by atoms with Crippen LogP contribution in [0.3, 0.4) is 0 Å². The molecule has 4 nitrogen and oxygen atoms in total. The Morgan fingerprint density at radius 1 is 1.44 bits per heavy atom. The van der Waals surface area contributed by atoms with E-state index >= 15 is 0 Å². The summed E-state index contributed by atoms with van der Waals surface area (Å²) in [5.41, 5.74) is 9.50. The minimum absolute atomic E-state index is 0.164. The first-order chi connectivity index (χ1) is 7.63. The quantitative estimate of drug-likeness (QED) is 0.428. The Balaban J connectivity index is 2.88. The fourth-order valence-corrected chi connectivity index (χ4v) is 1.40. The highest BCUT2D eigenvalue weighted by molar-refractivity contribution is 6.30. The molecule has 1 aromatic carbocycles. The zero-order valence-corrected chi connectivity index (χ0v) is 9.88. The number of guanidine groups is 1. The second-order valence-electron chi connectivity index (χ2n) is 3.34. The van der Waals surface area contributed by atoms with Crippen LogP contribution in [0.1, 0.15) is 25.3 Å². The topological polar surface area (TPSA) is 74.3 Å². The first-order valence-corrected chi connectivity index (χ1v) is 5.43. The summed E-state index contributed by atoms with van der Waals surface area (Å²) in [6, 6.07) is 7.43. The Labute approximate surface area is 100.0 Å². The van der Waals surface area contributed by atoms with Crippen LogP contribution in [-0.2, 0) is 0 Å². The second-order valence-corrected chi connectivity index (χ2v) is 3.78. The van der Waals surface area contributed by atoms with Gasteiger partial charge in [-0.1, -0.05) is 37.1 Å². The molecule has 0 unspecified atom stereocenters. The predicted molar refractivity (Wildman–Crippen MR) is 67.9 cm³/mol. The third-order valence-corrected chi connectivity index (χ3v) is 2.23. The first-order valence-electron chi connectivity index (χ1n) is 5.06. The lowest BCUT2D eigenvalue weighted by molar-refractivity contribution is 0.938. The number of rotatable bonds is 4. The van der Waals surface area contributed by atoms with E-state index in [9.17, 15) is 0 Å². The van der Waals surface area contributed by atoms with Crippen molar-refractivity contribution in [1.29, 1.82) is 5.41 Å². The summed E-state index contributed by atoms with van der Waals surface area (Å²) < 4.78 is 0. The molecule has 0 heterocycles. The maximum absolute atomic E-state index is 7.05. The lowest BCUT2D eigenvalue weighted by Gasteiger charge is -2.06. The van der Waals surface area contributed by atoms with Crippen LogP contribution in [-0.4, -0.2) is 11.7 Å². The summed E-state index contributed by atoms with van der Waals surface area (Å²) in [5.74, 6) is -0.164. The summed E-state index contributed by atoms with van der Waals surface area (Å²) in [6.07, 6.45) is 1.79. The smallest absolute Gasteiger partial charge is 0.206 e. The van der Waals surface area contributed by atoms with Crippen LogP contribution in [0.15, 0.2) is 29.4 Å². The summed E-state index contributed by atoms with van der Waals surface area (Å²) >= 11 is 5.81. The zero-order valence-electron chi connectivity index (χ0n) is 9.13. The van der Waals surface area contributed by atoms with Crippen LogP contribution in [0.5, 0.6) is 0 Å². The average Bonchev–Trinajstić information content (AvgIpc) is 2.25. The van der Waals surface area contributed by atoms with Crippen LogP contribution in [0, 0.1) is 5.41 Å². The van der Waals surface area contributed by atoms with E-state index in [1.807, 2.05) is 24.3 Å². The minimum atomic E-state index is -0.164. The summed E-state index contributed by atoms with van der Waals surface area (Å²) in [6.45, 7) is 2.07. The zero-order chi connectivity index (χ0) is 12.0. The van der Waals surface area contributed by atoms with Gasteiger partial charge in [0.1, 0.15) is 0 Å². The molecule has 1 aromatic rings. The molecule has 0 spiro atoms. The van der Waals surface area contributed by atoms with Crippen molar-refractivity contribution < 1.29 is 0 Å². The molecular formula is C11H15ClN4. The molecular weight excluding hydrogens is 224 g/mol. The van der Waals surface area contributed by atoms with Crippen molar-refractivity contribution in [3.05, 3.63) is 34.9 Å². The van der Waals surface area contributed by atoms with Crippen molar-refractivity contribution >= 4 is 23.3 Å². The van der Waals surface area contributed by atoms with Gasteiger partial charge in [-0.25, -0.2) is 5.43 Å². The van der Waals surface area contributed by atoms with Crippen LogP contribution in [0.25, 0.3) is 0 Å². The minimum Gasteiger partial charge on any atom is -0.369 e. The van der Waals surface area contributed by atoms with E-state index in [1.165, 1.54) is 0 Å². The van der Waals surface area contributed by atoms with Crippen molar-refractivity contribution in [3.63, 3.8) is 0 Å². The molecule has 0 aromatic heterocycles. The number of hydrogen-bond donors (Lipinski definition) is 3. The van der Waals surface area contributed by atoms with Gasteiger partial charge in [-0.15, -0.1) is 0 Å². The molecule has 0 saturated heterocycles. The molecule has 0 amide bonds. The summed E-state index contributed by atoms with van der Waals surface area (Å²) in [7, 11) is 0. The molecule has 0 aliphatic rings. The Morgan fingerprint density at radius 2 is 2.06 bits per heavy atom. The number of halogens is 1. The molecule has 4 N–H and O–H groups in total. The van der Waals surface area contributed by atoms with Gasteiger partial charge in [0.15, 0.2) is 0 Å². The Bertz CT molecular complexity index is 383. The van der Waals surface area contributed by atoms with Crippen LogP contribution < -0.4 is 11.2 Å². The Kier molecular flexibility index (Phi) is 4.79. The van der Waals surface area contributed by atoms with Gasteiger partial charge in [0.2, 0.25) is 5.96 Å². The molecule has 0 aliphatic carbocycles. The molecule has 0 radical (unpaired) electrons. The van der Waals surface area contributed by atoms with E-state index < -0.39 is 0 Å². The molecule has 16 heavy (non-hydrogen) atoms. The molecule has 0 aliphatic heterocycles. The van der Waals surface area contributed by atoms with Crippen LogP contribution in [0.2, 0.25) is 5.02 Å². The largest absolute Gasteiger partial charge is 0.369 e. The van der Waals surface area contributed by atoms with Gasteiger partial charge in [0.25, 0.3) is 0 Å². The van der Waals surface area contributed by atoms with Crippen molar-refractivity contribution in [1.82, 2.24) is 5.43 Å². The average molecular weight is 239 g/mol. The lowest BCUT2D eigenvalue weighted by Crippen LogP contribution is -2.27. The second kappa shape index (κ2) is 6.12. The monoisotopic (exact) mass is 238 g/mol. The highest BCUT2D eigenvalue weighted by Gasteiger charge is 2.02. The normalized spacial score (nSPS) is 11.2. The maximum atomic E-state index is 7.05. The van der Waals surface area contributed by atoms with Gasteiger partial charge >= 0.3 is 0 Å². The van der Waals surface area contributed by atoms with E-state index in [0.717, 1.165) is 24.1 Å². The predicted octanol–water partition coefficient (Wildman–Crippen LogP) is 2.33. The Hall–Kier alpha value is -1.55. The summed E-state index contributed by atoms with van der Waals surface area (Å²) in [5, 5.41) is 11.8. The number of nitrogens with one attached hydrogen (secondary N) is 2. The fourth-order valence-electron chi connectivity index (χ4n) is 1.27. The number of hydrazone groups is 1. The van der Waals surface area contributed by atoms with Crippen LogP contribution in [0.4, 0.5) is 0 Å². The highest BCUT2D eigenvalue weighted by Crippen LogP contribution is 2.12. The van der Waals surface area contributed by atoms with Gasteiger partial charge in [-0.2, -0.15) is 5.10 Å². The molecule has 86 valence electrons. The van der Waals surface area contributed by atoms with Crippen LogP contribution >= 0.6 is 11.6 Å². The van der Waals surface area contributed by atoms with Gasteiger partial charge in [0.05, 0.1) is 5.71 Å². The number of nitrogens with zero attached hydrogens (tertiary/aromatic N) is 1. The molecule has 5 heteroatoms. The van der Waals surface area contributed by atoms with Gasteiger partial charge in [0, 0.05) is 5.02 Å². The fraction of sp³-hybridized carbons (Fsp3) is 0.273. The number of nitrogens with two attached hydrogens (primary N) is 1.